The van der Waals surface area contributed by atoms with Crippen LogP contribution in [0.3, 0.4) is 0 Å². The molecule has 7 nitrogen and oxygen atoms in total. The van der Waals surface area contributed by atoms with E-state index in [0.29, 0.717) is 25.9 Å². The maximum Gasteiger partial charge on any atom is 0.425 e. The van der Waals surface area contributed by atoms with Gasteiger partial charge in [0.1, 0.15) is 5.57 Å². The van der Waals surface area contributed by atoms with Crippen molar-refractivity contribution in [3.8, 4) is 0 Å². The molecule has 0 unspecified atom stereocenters. The third-order valence-corrected chi connectivity index (χ3v) is 5.02. The van der Waals surface area contributed by atoms with E-state index in [0.717, 1.165) is 18.4 Å². The topological polar surface area (TPSA) is 84.9 Å². The van der Waals surface area contributed by atoms with Crippen LogP contribution < -0.4 is 5.32 Å². The lowest BCUT2D eigenvalue weighted by molar-refractivity contribution is -0.196. The third kappa shape index (κ3) is 3.87. The Labute approximate surface area is 161 Å². The van der Waals surface area contributed by atoms with Gasteiger partial charge in [0.2, 0.25) is 11.4 Å². The predicted octanol–water partition coefficient (Wildman–Crippen LogP) is 2.06. The summed E-state index contributed by atoms with van der Waals surface area (Å²) in [5, 5.41) is 1.81. The average Bonchev–Trinajstić information content (AvgIpc) is 3.21. The number of ether oxygens (including phenoxy) is 2. The van der Waals surface area contributed by atoms with Gasteiger partial charge in [0.15, 0.2) is 0 Å². The van der Waals surface area contributed by atoms with Crippen LogP contribution in [0.5, 0.6) is 0 Å². The van der Waals surface area contributed by atoms with Gasteiger partial charge >= 0.3 is 12.1 Å². The molecule has 2 aliphatic heterocycles. The molecule has 0 bridgehead atoms. The van der Waals surface area contributed by atoms with Crippen LogP contribution >= 0.6 is 0 Å². The number of unbranched alkanes of at least 4 members (excludes halogenated alkanes) is 1. The minimum absolute atomic E-state index is 0.131. The van der Waals surface area contributed by atoms with E-state index < -0.39 is 41.2 Å². The summed E-state index contributed by atoms with van der Waals surface area (Å²) in [5.74, 6) is -3.69. The number of nitrogens with one attached hydrogen (secondary N) is 1. The van der Waals surface area contributed by atoms with Crippen LogP contribution in [-0.2, 0) is 23.9 Å². The maximum atomic E-state index is 14.2. The van der Waals surface area contributed by atoms with Gasteiger partial charge in [-0.1, -0.05) is 13.3 Å². The molecule has 0 spiro atoms. The number of esters is 1. The fourth-order valence-corrected chi connectivity index (χ4v) is 3.54. The van der Waals surface area contributed by atoms with Gasteiger partial charge in [-0.05, 0) is 26.2 Å². The summed E-state index contributed by atoms with van der Waals surface area (Å²) < 4.78 is 52.6. The molecule has 0 saturated carbocycles. The van der Waals surface area contributed by atoms with E-state index in [1.165, 1.54) is 6.92 Å². The number of rotatable bonds is 7. The molecule has 1 saturated heterocycles. The fraction of sp³-hybridized carbons (Fsp3) is 0.722. The molecule has 2 amide bonds. The van der Waals surface area contributed by atoms with Crippen molar-refractivity contribution in [3.63, 3.8) is 0 Å². The highest BCUT2D eigenvalue weighted by Gasteiger charge is 2.70. The zero-order chi connectivity index (χ0) is 21.1. The highest BCUT2D eigenvalue weighted by atomic mass is 19.4. The predicted molar refractivity (Wildman–Crippen MR) is 91.9 cm³/mol. The van der Waals surface area contributed by atoms with Crippen molar-refractivity contribution in [3.05, 3.63) is 11.3 Å². The number of halogens is 3. The Kier molecular flexibility index (Phi) is 6.74. The molecule has 1 N–H and O–H groups in total. The van der Waals surface area contributed by atoms with Gasteiger partial charge in [-0.2, -0.15) is 13.2 Å². The van der Waals surface area contributed by atoms with Crippen molar-refractivity contribution < 1.29 is 37.0 Å². The Morgan fingerprint density at radius 1 is 1.39 bits per heavy atom. The number of nitrogens with zero attached hydrogens (tertiary/aromatic N) is 1. The quantitative estimate of drug-likeness (QED) is 0.655. The smallest absolute Gasteiger partial charge is 0.425 e. The van der Waals surface area contributed by atoms with E-state index in [-0.39, 0.29) is 18.7 Å². The second kappa shape index (κ2) is 8.50. The molecule has 1 fully saturated rings. The number of alkyl halides is 3. The Morgan fingerprint density at radius 3 is 2.57 bits per heavy atom. The van der Waals surface area contributed by atoms with Gasteiger partial charge in [0.05, 0.1) is 19.8 Å². The second-order valence-electron chi connectivity index (χ2n) is 6.90. The summed E-state index contributed by atoms with van der Waals surface area (Å²) in [6.45, 7) is 3.34. The molecular weight excluding hydrogens is 381 g/mol. The number of allylic oxidation sites excluding steroid dienone is 1. The first-order chi connectivity index (χ1) is 13.1. The molecule has 0 aromatic carbocycles. The lowest BCUT2D eigenvalue weighted by atomic mass is 9.89. The fourth-order valence-electron chi connectivity index (χ4n) is 3.54. The lowest BCUT2D eigenvalue weighted by Gasteiger charge is -2.33. The van der Waals surface area contributed by atoms with E-state index in [2.05, 4.69) is 4.74 Å². The monoisotopic (exact) mass is 406 g/mol. The molecule has 0 aliphatic carbocycles. The highest BCUT2D eigenvalue weighted by Crippen LogP contribution is 2.45. The first kappa shape index (κ1) is 22.2. The maximum absolute atomic E-state index is 14.2. The summed E-state index contributed by atoms with van der Waals surface area (Å²) >= 11 is 0. The number of carbonyl (C=O) groups excluding carboxylic acids is 3. The van der Waals surface area contributed by atoms with E-state index in [4.69, 9.17) is 4.74 Å². The minimum Gasteiger partial charge on any atom is -0.466 e. The van der Waals surface area contributed by atoms with Gasteiger partial charge in [0.25, 0.3) is 5.91 Å². The zero-order valence-corrected chi connectivity index (χ0v) is 16.1. The molecule has 158 valence electrons. The molecule has 0 aromatic rings. The average molecular weight is 406 g/mol. The third-order valence-electron chi connectivity index (χ3n) is 5.02. The summed E-state index contributed by atoms with van der Waals surface area (Å²) in [5.41, 5.74) is -4.57. The first-order valence-electron chi connectivity index (χ1n) is 9.21. The Hall–Kier alpha value is -2.10. The number of carbonyl (C=O) groups is 3. The van der Waals surface area contributed by atoms with Gasteiger partial charge in [-0.3, -0.25) is 9.59 Å². The second-order valence-corrected chi connectivity index (χ2v) is 6.90. The van der Waals surface area contributed by atoms with E-state index >= 15 is 0 Å². The van der Waals surface area contributed by atoms with E-state index in [1.807, 2.05) is 5.32 Å². The van der Waals surface area contributed by atoms with Crippen molar-refractivity contribution >= 4 is 17.8 Å². The minimum atomic E-state index is -5.23. The zero-order valence-electron chi connectivity index (χ0n) is 16.1. The summed E-state index contributed by atoms with van der Waals surface area (Å²) in [7, 11) is 0.926. The van der Waals surface area contributed by atoms with Crippen LogP contribution in [0.25, 0.3) is 0 Å². The number of methoxy groups -OCH3 is 1. The van der Waals surface area contributed by atoms with Crippen molar-refractivity contribution in [2.75, 3.05) is 20.3 Å². The van der Waals surface area contributed by atoms with E-state index in [1.54, 1.807) is 6.92 Å². The van der Waals surface area contributed by atoms with Crippen molar-refractivity contribution in [2.45, 2.75) is 63.8 Å². The van der Waals surface area contributed by atoms with Crippen LogP contribution in [0.4, 0.5) is 13.2 Å². The van der Waals surface area contributed by atoms with Crippen LogP contribution in [-0.4, -0.2) is 60.8 Å². The van der Waals surface area contributed by atoms with Crippen molar-refractivity contribution in [1.82, 2.24) is 10.2 Å². The molecule has 2 rings (SSSR count). The summed E-state index contributed by atoms with van der Waals surface area (Å²) in [4.78, 5) is 38.3. The molecular formula is C18H25F3N2O5. The van der Waals surface area contributed by atoms with Crippen LogP contribution in [0.1, 0.15) is 46.0 Å². The van der Waals surface area contributed by atoms with Crippen molar-refractivity contribution in [2.24, 2.45) is 0 Å². The SMILES string of the molecule is CCCCC(=O)N[C@@]1(C(F)(F)F)C(=O)N(C[C@@H]2CCCO2)C(C)=C1C(=O)OC. The Balaban J connectivity index is 2.51. The van der Waals surface area contributed by atoms with E-state index in [9.17, 15) is 27.6 Å². The van der Waals surface area contributed by atoms with Crippen LogP contribution in [0.2, 0.25) is 0 Å². The standard InChI is InChI=1S/C18H25F3N2O5/c1-4-5-8-13(24)22-17(18(19,20)21)14(15(25)27-3)11(2)23(16(17)26)10-12-7-6-9-28-12/h12H,4-10H2,1-3H3,(H,22,24)/t12-,17+/m0/s1. The first-order valence-corrected chi connectivity index (χ1v) is 9.21. The van der Waals surface area contributed by atoms with Crippen LogP contribution in [0, 0.1) is 0 Å². The van der Waals surface area contributed by atoms with Gasteiger partial charge in [0, 0.05) is 18.7 Å². The van der Waals surface area contributed by atoms with Gasteiger partial charge in [-0.25, -0.2) is 4.79 Å². The lowest BCUT2D eigenvalue weighted by Crippen LogP contribution is -2.66. The Morgan fingerprint density at radius 2 is 2.07 bits per heavy atom. The molecule has 28 heavy (non-hydrogen) atoms. The van der Waals surface area contributed by atoms with Gasteiger partial charge < -0.3 is 19.7 Å². The summed E-state index contributed by atoms with van der Waals surface area (Å²) in [6.07, 6.45) is -3.60. The summed E-state index contributed by atoms with van der Waals surface area (Å²) in [6, 6.07) is 0. The molecule has 0 radical (unpaired) electrons. The largest absolute Gasteiger partial charge is 0.466 e. The highest BCUT2D eigenvalue weighted by molar-refractivity contribution is 6.10. The molecule has 0 aromatic heterocycles. The number of hydrogen-bond acceptors (Lipinski definition) is 5. The van der Waals surface area contributed by atoms with Gasteiger partial charge in [-0.15, -0.1) is 0 Å². The Bertz CT molecular complexity index is 671. The van der Waals surface area contributed by atoms with Crippen LogP contribution in [0.15, 0.2) is 11.3 Å². The molecule has 2 aliphatic rings. The molecule has 10 heteroatoms. The normalized spacial score (nSPS) is 25.4. The molecule has 2 atom stereocenters. The molecule has 2 heterocycles. The number of hydrogen-bond donors (Lipinski definition) is 1. The van der Waals surface area contributed by atoms with Crippen molar-refractivity contribution in [1.29, 1.82) is 0 Å². The number of amides is 2.